The molecule has 2 rings (SSSR count). The Hall–Kier alpha value is -1.45. The standard InChI is InChI=1S/C14H19NO9S2.C4H12N/c16-6-10-11(18)12(19)13(20)14(25-10)9(15-24-26(21,22)23)5-7-1-3-8(17)4-2-7;1-5(2,3)4/h1-4,10-14,16-20H,5-6H2,(H,21,22,23);1-4H3/q;+1/p-1/b15-9-;/t10-,11-,12+,13-,14+;/m1./s1. The Morgan fingerprint density at radius 1 is 1.10 bits per heavy atom. The van der Waals surface area contributed by atoms with Gasteiger partial charge in [-0.05, 0) is 17.7 Å². The van der Waals surface area contributed by atoms with Gasteiger partial charge in [-0.15, -0.1) is 11.8 Å². The molecule has 1 aromatic rings. The topological polar surface area (TPSA) is 180 Å². The monoisotopic (exact) mass is 482 g/mol. The zero-order valence-corrected chi connectivity index (χ0v) is 19.3. The van der Waals surface area contributed by atoms with E-state index in [0.29, 0.717) is 5.56 Å². The van der Waals surface area contributed by atoms with Crippen LogP contribution in [0.25, 0.3) is 0 Å². The Bertz CT molecular complexity index is 817. The summed E-state index contributed by atoms with van der Waals surface area (Å²) in [7, 11) is 3.35. The lowest BCUT2D eigenvalue weighted by Gasteiger charge is -2.39. The predicted molar refractivity (Wildman–Crippen MR) is 114 cm³/mol. The first-order valence-electron chi connectivity index (χ1n) is 9.21. The van der Waals surface area contributed by atoms with Crippen LogP contribution < -0.4 is 0 Å². The number of phenolic OH excluding ortho intramolecular Hbond substituents is 1. The molecule has 0 aromatic heterocycles. The largest absolute Gasteiger partial charge is 0.714 e. The molecule has 0 aliphatic carbocycles. The molecular weight excluding hydrogens is 452 g/mol. The summed E-state index contributed by atoms with van der Waals surface area (Å²) >= 11 is 0.865. The van der Waals surface area contributed by atoms with Crippen LogP contribution in [-0.2, 0) is 21.1 Å². The van der Waals surface area contributed by atoms with Crippen LogP contribution in [0.5, 0.6) is 5.75 Å². The molecule has 1 aliphatic rings. The maximum Gasteiger partial charge on any atom is 0.283 e. The third-order valence-electron chi connectivity index (χ3n) is 3.79. The van der Waals surface area contributed by atoms with Crippen LogP contribution in [0, 0.1) is 0 Å². The quantitative estimate of drug-likeness (QED) is 0.107. The summed E-state index contributed by atoms with van der Waals surface area (Å²) in [6.45, 7) is -0.515. The van der Waals surface area contributed by atoms with Crippen molar-refractivity contribution < 1.29 is 47.3 Å². The molecule has 0 radical (unpaired) electrons. The molecule has 0 saturated carbocycles. The van der Waals surface area contributed by atoms with Crippen molar-refractivity contribution in [3.05, 3.63) is 29.8 Å². The van der Waals surface area contributed by atoms with Gasteiger partial charge >= 0.3 is 0 Å². The third kappa shape index (κ3) is 10.1. The van der Waals surface area contributed by atoms with E-state index in [9.17, 15) is 38.5 Å². The average Bonchev–Trinajstić information content (AvgIpc) is 2.63. The Morgan fingerprint density at radius 2 is 1.61 bits per heavy atom. The van der Waals surface area contributed by atoms with E-state index in [1.165, 1.54) is 24.3 Å². The molecule has 11 nitrogen and oxygen atoms in total. The number of aromatic hydroxyl groups is 1. The number of nitrogens with zero attached hydrogens (tertiary/aromatic N) is 2. The molecule has 0 bridgehead atoms. The fourth-order valence-corrected chi connectivity index (χ4v) is 4.06. The van der Waals surface area contributed by atoms with E-state index < -0.39 is 45.8 Å². The first kappa shape index (κ1) is 27.6. The molecule has 1 fully saturated rings. The van der Waals surface area contributed by atoms with E-state index >= 15 is 0 Å². The van der Waals surface area contributed by atoms with Crippen LogP contribution in [0.2, 0.25) is 0 Å². The van der Waals surface area contributed by atoms with Gasteiger partial charge in [-0.2, -0.15) is 8.42 Å². The van der Waals surface area contributed by atoms with Gasteiger partial charge in [0.05, 0.1) is 63.2 Å². The van der Waals surface area contributed by atoms with Gasteiger partial charge in [0.1, 0.15) is 11.9 Å². The van der Waals surface area contributed by atoms with Crippen molar-refractivity contribution in [1.82, 2.24) is 0 Å². The molecule has 0 spiro atoms. The summed E-state index contributed by atoms with van der Waals surface area (Å²) in [4.78, 5) is 0. The average molecular weight is 483 g/mol. The molecule has 1 aromatic carbocycles. The molecule has 0 unspecified atom stereocenters. The number of thioether (sulfide) groups is 1. The second-order valence-electron chi connectivity index (χ2n) is 8.34. The van der Waals surface area contributed by atoms with Crippen LogP contribution in [0.4, 0.5) is 0 Å². The number of hydrogen-bond acceptors (Lipinski definition) is 11. The van der Waals surface area contributed by atoms with E-state index in [4.69, 9.17) is 0 Å². The van der Waals surface area contributed by atoms with E-state index in [1.807, 2.05) is 0 Å². The molecular formula is C18H30N2O9S2. The smallest absolute Gasteiger partial charge is 0.283 e. The number of aliphatic hydroxyl groups is 4. The zero-order valence-electron chi connectivity index (χ0n) is 17.7. The number of benzene rings is 1. The minimum atomic E-state index is -5.15. The fraction of sp³-hybridized carbons (Fsp3) is 0.611. The summed E-state index contributed by atoms with van der Waals surface area (Å²) in [5.74, 6) is -0.00316. The molecule has 5 N–H and O–H groups in total. The number of aliphatic hydroxyl groups excluding tert-OH is 4. The van der Waals surface area contributed by atoms with Crippen LogP contribution in [0.1, 0.15) is 5.56 Å². The SMILES string of the molecule is C[N+](C)(C)C.O=S(=O)([O-])O/N=C(/Cc1ccc(O)cc1)[C@@H]1S[C@H](CO)[C@@H](O)[C@H](O)[C@H]1O. The van der Waals surface area contributed by atoms with E-state index in [2.05, 4.69) is 37.6 Å². The van der Waals surface area contributed by atoms with Crippen LogP contribution >= 0.6 is 11.8 Å². The van der Waals surface area contributed by atoms with Crippen LogP contribution in [-0.4, -0.2) is 112 Å². The predicted octanol–water partition coefficient (Wildman–Crippen LogP) is -1.35. The Morgan fingerprint density at radius 3 is 2.06 bits per heavy atom. The Labute approximate surface area is 186 Å². The summed E-state index contributed by atoms with van der Waals surface area (Å²) in [6.07, 6.45) is -4.65. The number of quaternary nitrogens is 1. The molecule has 1 saturated heterocycles. The lowest BCUT2D eigenvalue weighted by molar-refractivity contribution is -0.849. The highest BCUT2D eigenvalue weighted by atomic mass is 32.3. The summed E-state index contributed by atoms with van der Waals surface area (Å²) in [6, 6.07) is 5.76. The molecule has 13 heteroatoms. The second kappa shape index (κ2) is 11.4. The normalized spacial score (nSPS) is 27.3. The molecule has 31 heavy (non-hydrogen) atoms. The van der Waals surface area contributed by atoms with Crippen molar-refractivity contribution in [2.75, 3.05) is 34.8 Å². The maximum absolute atomic E-state index is 10.7. The van der Waals surface area contributed by atoms with Crippen molar-refractivity contribution in [1.29, 1.82) is 0 Å². The van der Waals surface area contributed by atoms with Crippen molar-refractivity contribution in [2.45, 2.75) is 35.2 Å². The van der Waals surface area contributed by atoms with Gasteiger partial charge in [0.2, 0.25) is 0 Å². The summed E-state index contributed by atoms with van der Waals surface area (Å²) in [5.41, 5.74) is 0.444. The second-order valence-corrected chi connectivity index (χ2v) is 10.7. The van der Waals surface area contributed by atoms with Gasteiger partial charge in [-0.1, -0.05) is 17.3 Å². The van der Waals surface area contributed by atoms with Gasteiger partial charge in [-0.25, -0.2) is 0 Å². The first-order chi connectivity index (χ1) is 14.1. The number of phenols is 1. The lowest BCUT2D eigenvalue weighted by atomic mass is 9.96. The highest BCUT2D eigenvalue weighted by molar-refractivity contribution is 8.01. The van der Waals surface area contributed by atoms with E-state index in [1.54, 1.807) is 0 Å². The Balaban J connectivity index is 0.000000861. The fourth-order valence-electron chi connectivity index (χ4n) is 2.48. The van der Waals surface area contributed by atoms with E-state index in [0.717, 1.165) is 16.2 Å². The van der Waals surface area contributed by atoms with E-state index in [-0.39, 0.29) is 17.9 Å². The van der Waals surface area contributed by atoms with Gasteiger partial charge in [0.25, 0.3) is 10.4 Å². The van der Waals surface area contributed by atoms with Gasteiger partial charge < -0.3 is 34.6 Å². The summed E-state index contributed by atoms with van der Waals surface area (Å²) < 4.78 is 37.1. The molecule has 1 heterocycles. The van der Waals surface area contributed by atoms with Gasteiger partial charge in [-0.3, -0.25) is 4.28 Å². The van der Waals surface area contributed by atoms with Gasteiger partial charge in [0, 0.05) is 6.42 Å². The minimum absolute atomic E-state index is 0.00316. The maximum atomic E-state index is 10.7. The van der Waals surface area contributed by atoms with Crippen molar-refractivity contribution >= 4 is 27.9 Å². The molecule has 0 amide bonds. The summed E-state index contributed by atoms with van der Waals surface area (Å²) in [5, 5.41) is 50.1. The van der Waals surface area contributed by atoms with Gasteiger partial charge in [0.15, 0.2) is 0 Å². The lowest BCUT2D eigenvalue weighted by Crippen LogP contribution is -2.56. The molecule has 5 atom stereocenters. The van der Waals surface area contributed by atoms with Crippen molar-refractivity contribution in [3.8, 4) is 5.75 Å². The van der Waals surface area contributed by atoms with Crippen molar-refractivity contribution in [3.63, 3.8) is 0 Å². The highest BCUT2D eigenvalue weighted by Gasteiger charge is 2.45. The number of hydrogen-bond donors (Lipinski definition) is 5. The number of rotatable bonds is 6. The van der Waals surface area contributed by atoms with Crippen LogP contribution in [0.15, 0.2) is 29.4 Å². The Kier molecular flexibility index (Phi) is 10.2. The van der Waals surface area contributed by atoms with Crippen molar-refractivity contribution in [2.24, 2.45) is 5.16 Å². The zero-order chi connectivity index (χ0) is 24.0. The first-order valence-corrected chi connectivity index (χ1v) is 11.5. The molecule has 178 valence electrons. The third-order valence-corrected chi connectivity index (χ3v) is 5.67. The number of oxime groups is 1. The van der Waals surface area contributed by atoms with Crippen LogP contribution in [0.3, 0.4) is 0 Å². The molecule has 1 aliphatic heterocycles. The highest BCUT2D eigenvalue weighted by Crippen LogP contribution is 2.34. The minimum Gasteiger partial charge on any atom is -0.714 e.